The molecule has 4 aromatic rings. The molecule has 0 aliphatic heterocycles. The normalized spacial score (nSPS) is 10.8. The molecule has 0 atom stereocenters. The molecule has 0 saturated heterocycles. The molecule has 29 heavy (non-hydrogen) atoms. The zero-order chi connectivity index (χ0) is 20.1. The van der Waals surface area contributed by atoms with Crippen molar-refractivity contribution in [2.75, 3.05) is 18.2 Å². The van der Waals surface area contributed by atoms with Crippen LogP contribution in [0.5, 0.6) is 5.75 Å². The molecule has 0 radical (unpaired) electrons. The van der Waals surface area contributed by atoms with Crippen molar-refractivity contribution in [1.82, 2.24) is 19.9 Å². The third-order valence-corrected chi connectivity index (χ3v) is 4.94. The maximum absolute atomic E-state index is 12.2. The number of thioether (sulfide) groups is 1. The number of ether oxygens (including phenoxy) is 1. The van der Waals surface area contributed by atoms with Gasteiger partial charge in [-0.05, 0) is 24.3 Å². The van der Waals surface area contributed by atoms with Crippen LogP contribution >= 0.6 is 11.8 Å². The van der Waals surface area contributed by atoms with Crippen molar-refractivity contribution in [2.24, 2.45) is 0 Å². The molecule has 3 aromatic heterocycles. The number of carbonyl (C=O) groups excluding carboxylic acids is 1. The van der Waals surface area contributed by atoms with E-state index in [1.807, 2.05) is 41.0 Å². The fraction of sp³-hybridized carbons (Fsp3) is 0.158. The predicted molar refractivity (Wildman–Crippen MR) is 106 cm³/mol. The summed E-state index contributed by atoms with van der Waals surface area (Å²) in [6.45, 7) is 0.430. The molecule has 1 amide bonds. The Morgan fingerprint density at radius 2 is 2.14 bits per heavy atom. The van der Waals surface area contributed by atoms with Crippen molar-refractivity contribution < 1.29 is 18.5 Å². The van der Waals surface area contributed by atoms with Gasteiger partial charge in [0.25, 0.3) is 0 Å². The maximum Gasteiger partial charge on any atom is 0.236 e. The Bertz CT molecular complexity index is 1080. The molecule has 0 unspecified atom stereocenters. The number of furan rings is 1. The van der Waals surface area contributed by atoms with E-state index in [0.29, 0.717) is 23.3 Å². The van der Waals surface area contributed by atoms with Crippen molar-refractivity contribution in [2.45, 2.75) is 11.7 Å². The van der Waals surface area contributed by atoms with E-state index in [2.05, 4.69) is 20.7 Å². The third kappa shape index (κ3) is 4.49. The number of carbonyl (C=O) groups is 1. The molecule has 10 heteroatoms. The highest BCUT2D eigenvalue weighted by Crippen LogP contribution is 2.27. The smallest absolute Gasteiger partial charge is 0.236 e. The van der Waals surface area contributed by atoms with Gasteiger partial charge in [0.15, 0.2) is 16.8 Å². The number of benzene rings is 1. The third-order valence-electron chi connectivity index (χ3n) is 3.98. The Morgan fingerprint density at radius 3 is 2.90 bits per heavy atom. The molecule has 0 aliphatic rings. The SMILES string of the molecule is COc1cccc(-c2nnc(SCC(=O)Nc3ccon3)n2Cc2ccco2)c1. The van der Waals surface area contributed by atoms with Crippen LogP contribution in [0.3, 0.4) is 0 Å². The van der Waals surface area contributed by atoms with E-state index >= 15 is 0 Å². The first-order valence-electron chi connectivity index (χ1n) is 8.66. The van der Waals surface area contributed by atoms with E-state index in [4.69, 9.17) is 13.7 Å². The number of methoxy groups -OCH3 is 1. The lowest BCUT2D eigenvalue weighted by Gasteiger charge is -2.09. The summed E-state index contributed by atoms with van der Waals surface area (Å²) in [5, 5.41) is 15.5. The summed E-state index contributed by atoms with van der Waals surface area (Å²) in [6, 6.07) is 12.8. The van der Waals surface area contributed by atoms with Crippen LogP contribution in [-0.4, -0.2) is 38.7 Å². The number of rotatable bonds is 8. The van der Waals surface area contributed by atoms with Crippen LogP contribution in [0.4, 0.5) is 5.82 Å². The summed E-state index contributed by atoms with van der Waals surface area (Å²) in [5.41, 5.74) is 0.849. The van der Waals surface area contributed by atoms with Gasteiger partial charge in [-0.3, -0.25) is 9.36 Å². The van der Waals surface area contributed by atoms with Crippen LogP contribution in [0.25, 0.3) is 11.4 Å². The molecule has 0 bridgehead atoms. The minimum atomic E-state index is -0.223. The molecule has 1 aromatic carbocycles. The van der Waals surface area contributed by atoms with Gasteiger partial charge in [-0.15, -0.1) is 10.2 Å². The average Bonchev–Trinajstić information content (AvgIpc) is 3.50. The second-order valence-electron chi connectivity index (χ2n) is 5.93. The van der Waals surface area contributed by atoms with Crippen molar-refractivity contribution >= 4 is 23.5 Å². The van der Waals surface area contributed by atoms with Crippen molar-refractivity contribution in [3.8, 4) is 17.1 Å². The van der Waals surface area contributed by atoms with Gasteiger partial charge in [-0.1, -0.05) is 29.1 Å². The van der Waals surface area contributed by atoms with Crippen LogP contribution < -0.4 is 10.1 Å². The highest BCUT2D eigenvalue weighted by Gasteiger charge is 2.17. The second-order valence-corrected chi connectivity index (χ2v) is 6.87. The van der Waals surface area contributed by atoms with E-state index in [9.17, 15) is 4.79 Å². The zero-order valence-electron chi connectivity index (χ0n) is 15.4. The number of hydrogen-bond donors (Lipinski definition) is 1. The van der Waals surface area contributed by atoms with E-state index in [1.165, 1.54) is 18.0 Å². The average molecular weight is 411 g/mol. The van der Waals surface area contributed by atoms with Crippen molar-refractivity contribution in [3.05, 3.63) is 60.8 Å². The Hall–Kier alpha value is -3.53. The van der Waals surface area contributed by atoms with Crippen LogP contribution in [0.1, 0.15) is 5.76 Å². The van der Waals surface area contributed by atoms with Gasteiger partial charge in [-0.25, -0.2) is 0 Å². The fourth-order valence-electron chi connectivity index (χ4n) is 2.66. The molecule has 9 nitrogen and oxygen atoms in total. The molecule has 0 aliphatic carbocycles. The van der Waals surface area contributed by atoms with Gasteiger partial charge in [0.1, 0.15) is 17.8 Å². The molecule has 3 heterocycles. The Morgan fingerprint density at radius 1 is 1.21 bits per heavy atom. The molecular weight excluding hydrogens is 394 g/mol. The van der Waals surface area contributed by atoms with Crippen LogP contribution in [-0.2, 0) is 11.3 Å². The fourth-order valence-corrected chi connectivity index (χ4v) is 3.40. The molecule has 0 spiro atoms. The summed E-state index contributed by atoms with van der Waals surface area (Å²) in [7, 11) is 1.61. The first-order chi connectivity index (χ1) is 14.2. The van der Waals surface area contributed by atoms with Crippen LogP contribution in [0.15, 0.2) is 69.1 Å². The monoisotopic (exact) mass is 411 g/mol. The molecule has 0 saturated carbocycles. The van der Waals surface area contributed by atoms with Gasteiger partial charge in [0, 0.05) is 11.6 Å². The quantitative estimate of drug-likeness (QED) is 0.440. The van der Waals surface area contributed by atoms with Gasteiger partial charge < -0.3 is 19.0 Å². The first-order valence-corrected chi connectivity index (χ1v) is 9.64. The molecule has 148 valence electrons. The minimum Gasteiger partial charge on any atom is -0.497 e. The molecule has 0 fully saturated rings. The standard InChI is InChI=1S/C19H17N5O4S/c1-26-14-5-2-4-13(10-14)18-21-22-19(24(18)11-15-6-3-8-27-15)29-12-17(25)20-16-7-9-28-23-16/h2-10H,11-12H2,1H3,(H,20,23,25). The Kier molecular flexibility index (Phi) is 5.61. The van der Waals surface area contributed by atoms with Crippen molar-refractivity contribution in [1.29, 1.82) is 0 Å². The van der Waals surface area contributed by atoms with Gasteiger partial charge in [0.2, 0.25) is 5.91 Å². The minimum absolute atomic E-state index is 0.140. The molecule has 1 N–H and O–H groups in total. The van der Waals surface area contributed by atoms with Gasteiger partial charge in [0.05, 0.1) is 25.7 Å². The summed E-state index contributed by atoms with van der Waals surface area (Å²) in [5.74, 6) is 2.41. The highest BCUT2D eigenvalue weighted by atomic mass is 32.2. The summed E-state index contributed by atoms with van der Waals surface area (Å²) < 4.78 is 17.4. The number of amides is 1. The molecule has 4 rings (SSSR count). The van der Waals surface area contributed by atoms with Gasteiger partial charge >= 0.3 is 0 Å². The van der Waals surface area contributed by atoms with E-state index in [0.717, 1.165) is 17.1 Å². The second kappa shape index (κ2) is 8.65. The predicted octanol–water partition coefficient (Wildman–Crippen LogP) is 3.31. The zero-order valence-corrected chi connectivity index (χ0v) is 16.3. The van der Waals surface area contributed by atoms with Crippen molar-refractivity contribution in [3.63, 3.8) is 0 Å². The number of nitrogens with one attached hydrogen (secondary N) is 1. The summed E-state index contributed by atoms with van der Waals surface area (Å²) >= 11 is 1.27. The lowest BCUT2D eigenvalue weighted by Crippen LogP contribution is -2.15. The summed E-state index contributed by atoms with van der Waals surface area (Å²) in [4.78, 5) is 12.2. The lowest BCUT2D eigenvalue weighted by molar-refractivity contribution is -0.113. The van der Waals surface area contributed by atoms with E-state index < -0.39 is 0 Å². The molecular formula is C19H17N5O4S. The summed E-state index contributed by atoms with van der Waals surface area (Å²) in [6.07, 6.45) is 3.01. The Balaban J connectivity index is 1.57. The van der Waals surface area contributed by atoms with Crippen LogP contribution in [0.2, 0.25) is 0 Å². The Labute approximate surface area is 170 Å². The number of anilines is 1. The van der Waals surface area contributed by atoms with E-state index in [1.54, 1.807) is 19.4 Å². The topological polar surface area (TPSA) is 108 Å². The highest BCUT2D eigenvalue weighted by molar-refractivity contribution is 7.99. The maximum atomic E-state index is 12.2. The number of hydrogen-bond acceptors (Lipinski definition) is 8. The van der Waals surface area contributed by atoms with Crippen LogP contribution in [0, 0.1) is 0 Å². The first kappa shape index (κ1) is 18.8. The largest absolute Gasteiger partial charge is 0.497 e. The number of nitrogens with zero attached hydrogens (tertiary/aromatic N) is 4. The lowest BCUT2D eigenvalue weighted by atomic mass is 10.2. The number of aromatic nitrogens is 4. The van der Waals surface area contributed by atoms with Gasteiger partial charge in [-0.2, -0.15) is 0 Å². The van der Waals surface area contributed by atoms with E-state index in [-0.39, 0.29) is 11.7 Å².